The summed E-state index contributed by atoms with van der Waals surface area (Å²) in [5.74, 6) is 1.44. The third kappa shape index (κ3) is 5.89. The van der Waals surface area contributed by atoms with E-state index in [1.165, 1.54) is 56.1 Å². The molecule has 0 spiro atoms. The van der Waals surface area contributed by atoms with Crippen LogP contribution in [0.5, 0.6) is 0 Å². The van der Waals surface area contributed by atoms with E-state index in [0.717, 1.165) is 23.6 Å². The average molecular weight is 375 g/mol. The molecule has 2 heteroatoms. The number of aryl methyl sites for hydroxylation is 1. The van der Waals surface area contributed by atoms with E-state index in [1.807, 2.05) is 6.21 Å². The highest BCUT2D eigenvalue weighted by Crippen LogP contribution is 2.34. The molecule has 0 bridgehead atoms. The largest absolute Gasteiger partial charge is 0.158 e. The van der Waals surface area contributed by atoms with Crippen LogP contribution in [-0.2, 0) is 6.42 Å². The Morgan fingerprint density at radius 1 is 0.929 bits per heavy atom. The lowest BCUT2D eigenvalue weighted by atomic mass is 9.76. The lowest BCUT2D eigenvalue weighted by molar-refractivity contribution is 0.301. The van der Waals surface area contributed by atoms with Gasteiger partial charge in [-0.15, -0.1) is 0 Å². The average Bonchev–Trinajstić information content (AvgIpc) is 2.77. The van der Waals surface area contributed by atoms with E-state index in [2.05, 4.69) is 73.5 Å². The zero-order valence-electron chi connectivity index (χ0n) is 17.5. The summed E-state index contributed by atoms with van der Waals surface area (Å²) in [5.41, 5.74) is 4.84. The van der Waals surface area contributed by atoms with Gasteiger partial charge in [-0.1, -0.05) is 87.7 Å². The summed E-state index contributed by atoms with van der Waals surface area (Å²) in [7, 11) is 0. The van der Waals surface area contributed by atoms with Gasteiger partial charge < -0.3 is 0 Å². The first kappa shape index (κ1) is 20.5. The van der Waals surface area contributed by atoms with Crippen molar-refractivity contribution in [1.29, 1.82) is 0 Å². The van der Waals surface area contributed by atoms with Gasteiger partial charge in [0, 0.05) is 5.92 Å². The first-order chi connectivity index (χ1) is 13.8. The highest BCUT2D eigenvalue weighted by atomic mass is 15.2. The van der Waals surface area contributed by atoms with Crippen molar-refractivity contribution in [2.45, 2.75) is 65.2 Å². The molecule has 0 heterocycles. The molecule has 1 fully saturated rings. The Hall–Kier alpha value is -2.22. The molecule has 1 aliphatic carbocycles. The molecule has 0 N–H and O–H groups in total. The van der Waals surface area contributed by atoms with E-state index in [1.54, 1.807) is 0 Å². The quantitative estimate of drug-likeness (QED) is 0.349. The summed E-state index contributed by atoms with van der Waals surface area (Å²) in [6.45, 7) is 4.47. The van der Waals surface area contributed by atoms with Crippen LogP contribution in [0, 0.1) is 11.8 Å². The number of unbranched alkanes of at least 4 members (excludes halogenated alkanes) is 1. The van der Waals surface area contributed by atoms with Crippen molar-refractivity contribution in [2.75, 3.05) is 0 Å². The SMILES string of the molecule is CCCC[C@H]1CC[C@H](C(=NN=Cc2ccc(CC)cc2)c2ccccc2)CC1. The minimum absolute atomic E-state index is 0.528. The first-order valence-corrected chi connectivity index (χ1v) is 11.1. The lowest BCUT2D eigenvalue weighted by Gasteiger charge is -2.29. The normalized spacial score (nSPS) is 20.6. The van der Waals surface area contributed by atoms with Crippen LogP contribution in [0.4, 0.5) is 0 Å². The maximum Gasteiger partial charge on any atom is 0.0733 e. The van der Waals surface area contributed by atoms with Gasteiger partial charge in [-0.3, -0.25) is 0 Å². The van der Waals surface area contributed by atoms with E-state index in [-0.39, 0.29) is 0 Å². The molecule has 0 unspecified atom stereocenters. The summed E-state index contributed by atoms with van der Waals surface area (Å²) in [5, 5.41) is 9.21. The molecule has 0 amide bonds. The minimum atomic E-state index is 0.528. The van der Waals surface area contributed by atoms with Crippen molar-refractivity contribution in [3.05, 3.63) is 71.3 Å². The Kier molecular flexibility index (Phi) is 8.02. The Morgan fingerprint density at radius 2 is 1.64 bits per heavy atom. The number of nitrogens with zero attached hydrogens (tertiary/aromatic N) is 2. The van der Waals surface area contributed by atoms with E-state index < -0.39 is 0 Å². The maximum atomic E-state index is 4.73. The van der Waals surface area contributed by atoms with Crippen LogP contribution in [0.1, 0.15) is 75.5 Å². The lowest BCUT2D eigenvalue weighted by Crippen LogP contribution is -2.22. The van der Waals surface area contributed by atoms with Crippen LogP contribution >= 0.6 is 0 Å². The van der Waals surface area contributed by atoms with Gasteiger partial charge in [-0.25, -0.2) is 0 Å². The maximum absolute atomic E-state index is 4.73. The van der Waals surface area contributed by atoms with Gasteiger partial charge in [0.25, 0.3) is 0 Å². The Bertz CT molecular complexity index is 751. The second-order valence-corrected chi connectivity index (χ2v) is 8.05. The molecule has 1 aliphatic rings. The van der Waals surface area contributed by atoms with Gasteiger partial charge in [0.05, 0.1) is 11.9 Å². The van der Waals surface area contributed by atoms with Crippen molar-refractivity contribution < 1.29 is 0 Å². The third-order valence-electron chi connectivity index (χ3n) is 6.03. The highest BCUT2D eigenvalue weighted by Gasteiger charge is 2.25. The van der Waals surface area contributed by atoms with Gasteiger partial charge in [-0.2, -0.15) is 10.2 Å². The Balaban J connectivity index is 1.72. The fourth-order valence-electron chi connectivity index (χ4n) is 4.20. The number of hydrogen-bond acceptors (Lipinski definition) is 2. The van der Waals surface area contributed by atoms with E-state index >= 15 is 0 Å². The van der Waals surface area contributed by atoms with Crippen molar-refractivity contribution in [1.82, 2.24) is 0 Å². The molecular weight excluding hydrogens is 340 g/mol. The number of rotatable bonds is 8. The van der Waals surface area contributed by atoms with E-state index in [4.69, 9.17) is 5.10 Å². The van der Waals surface area contributed by atoms with Crippen molar-refractivity contribution >= 4 is 11.9 Å². The third-order valence-corrected chi connectivity index (χ3v) is 6.03. The monoisotopic (exact) mass is 374 g/mol. The molecule has 0 aliphatic heterocycles. The van der Waals surface area contributed by atoms with Crippen molar-refractivity contribution in [3.8, 4) is 0 Å². The molecule has 1 saturated carbocycles. The highest BCUT2D eigenvalue weighted by molar-refractivity contribution is 6.02. The molecular formula is C26H34N2. The topological polar surface area (TPSA) is 24.7 Å². The fourth-order valence-corrected chi connectivity index (χ4v) is 4.20. The summed E-state index contributed by atoms with van der Waals surface area (Å²) in [6.07, 6.45) is 12.2. The number of benzene rings is 2. The van der Waals surface area contributed by atoms with Crippen LogP contribution in [0.15, 0.2) is 64.8 Å². The van der Waals surface area contributed by atoms with Gasteiger partial charge in [0.1, 0.15) is 0 Å². The summed E-state index contributed by atoms with van der Waals surface area (Å²) in [6, 6.07) is 19.2. The zero-order valence-corrected chi connectivity index (χ0v) is 17.5. The predicted octanol–water partition coefficient (Wildman–Crippen LogP) is 7.07. The van der Waals surface area contributed by atoms with Crippen molar-refractivity contribution in [2.24, 2.45) is 22.0 Å². The second kappa shape index (κ2) is 10.9. The van der Waals surface area contributed by atoms with Gasteiger partial charge in [0.2, 0.25) is 0 Å². The molecule has 0 saturated heterocycles. The fraction of sp³-hybridized carbons (Fsp3) is 0.462. The van der Waals surface area contributed by atoms with Crippen LogP contribution in [0.25, 0.3) is 0 Å². The zero-order chi connectivity index (χ0) is 19.6. The first-order valence-electron chi connectivity index (χ1n) is 11.1. The molecule has 2 nitrogen and oxygen atoms in total. The summed E-state index contributed by atoms with van der Waals surface area (Å²) in [4.78, 5) is 0. The predicted molar refractivity (Wildman–Crippen MR) is 121 cm³/mol. The summed E-state index contributed by atoms with van der Waals surface area (Å²) < 4.78 is 0. The Labute approximate surface area is 170 Å². The molecule has 2 aromatic rings. The van der Waals surface area contributed by atoms with E-state index in [0.29, 0.717) is 5.92 Å². The van der Waals surface area contributed by atoms with Crippen molar-refractivity contribution in [3.63, 3.8) is 0 Å². The van der Waals surface area contributed by atoms with Crippen LogP contribution in [0.3, 0.4) is 0 Å². The second-order valence-electron chi connectivity index (χ2n) is 8.05. The van der Waals surface area contributed by atoms with Crippen LogP contribution in [0.2, 0.25) is 0 Å². The standard InChI is InChI=1S/C26H34N2/c1-3-5-9-22-16-18-25(19-17-22)26(24-10-7-6-8-11-24)28-27-20-23-14-12-21(4-2)13-15-23/h6-8,10-15,20,22,25H,3-5,9,16-19H2,1-2H3/t22-,25-. The minimum Gasteiger partial charge on any atom is -0.158 e. The molecule has 2 aromatic carbocycles. The molecule has 3 rings (SSSR count). The number of hydrogen-bond donors (Lipinski definition) is 0. The van der Waals surface area contributed by atoms with Gasteiger partial charge in [0.15, 0.2) is 0 Å². The molecule has 0 atom stereocenters. The smallest absolute Gasteiger partial charge is 0.0733 e. The molecule has 0 aromatic heterocycles. The Morgan fingerprint density at radius 3 is 2.29 bits per heavy atom. The van der Waals surface area contributed by atoms with Gasteiger partial charge >= 0.3 is 0 Å². The van der Waals surface area contributed by atoms with Crippen LogP contribution in [-0.4, -0.2) is 11.9 Å². The molecule has 0 radical (unpaired) electrons. The van der Waals surface area contributed by atoms with Gasteiger partial charge in [-0.05, 0) is 54.7 Å². The summed E-state index contributed by atoms with van der Waals surface area (Å²) >= 11 is 0. The molecule has 28 heavy (non-hydrogen) atoms. The van der Waals surface area contributed by atoms with Crippen LogP contribution < -0.4 is 0 Å². The van der Waals surface area contributed by atoms with E-state index in [9.17, 15) is 0 Å². The molecule has 148 valence electrons.